The van der Waals surface area contributed by atoms with E-state index in [1.807, 2.05) is 0 Å². The standard InChI is InChI=1S/C9H18N4O/c14-9(12-5-7-3-11-4-7)13-8-1-2-10-6-8/h7-8,10-11H,1-6H2,(H2,12,13,14). The molecular formula is C9H18N4O. The van der Waals surface area contributed by atoms with E-state index in [-0.39, 0.29) is 6.03 Å². The fraction of sp³-hybridized carbons (Fsp3) is 0.889. The molecule has 5 heteroatoms. The second-order valence-corrected chi connectivity index (χ2v) is 4.07. The molecule has 14 heavy (non-hydrogen) atoms. The van der Waals surface area contributed by atoms with E-state index >= 15 is 0 Å². The molecule has 0 aromatic rings. The first-order chi connectivity index (χ1) is 6.84. The van der Waals surface area contributed by atoms with Gasteiger partial charge in [0.05, 0.1) is 0 Å². The van der Waals surface area contributed by atoms with Crippen LogP contribution in [0.1, 0.15) is 6.42 Å². The predicted molar refractivity (Wildman–Crippen MR) is 54.2 cm³/mol. The fourth-order valence-electron chi connectivity index (χ4n) is 1.74. The number of carbonyl (C=O) groups is 1. The van der Waals surface area contributed by atoms with Crippen molar-refractivity contribution in [1.29, 1.82) is 0 Å². The van der Waals surface area contributed by atoms with Gasteiger partial charge < -0.3 is 21.3 Å². The Morgan fingerprint density at radius 3 is 2.71 bits per heavy atom. The number of hydrogen-bond acceptors (Lipinski definition) is 3. The molecule has 2 amide bonds. The van der Waals surface area contributed by atoms with Gasteiger partial charge in [-0.15, -0.1) is 0 Å². The van der Waals surface area contributed by atoms with E-state index < -0.39 is 0 Å². The van der Waals surface area contributed by atoms with E-state index in [1.165, 1.54) is 0 Å². The maximum atomic E-state index is 11.4. The molecule has 2 saturated heterocycles. The van der Waals surface area contributed by atoms with Crippen LogP contribution in [0.25, 0.3) is 0 Å². The summed E-state index contributed by atoms with van der Waals surface area (Å²) in [6.07, 6.45) is 1.04. The van der Waals surface area contributed by atoms with Gasteiger partial charge in [-0.1, -0.05) is 0 Å². The Bertz CT molecular complexity index is 199. The monoisotopic (exact) mass is 198 g/mol. The quantitative estimate of drug-likeness (QED) is 0.464. The second-order valence-electron chi connectivity index (χ2n) is 4.07. The lowest BCUT2D eigenvalue weighted by Crippen LogP contribution is -2.51. The fourth-order valence-corrected chi connectivity index (χ4v) is 1.74. The van der Waals surface area contributed by atoms with Crippen molar-refractivity contribution in [2.45, 2.75) is 12.5 Å². The largest absolute Gasteiger partial charge is 0.338 e. The number of carbonyl (C=O) groups excluding carboxylic acids is 1. The smallest absolute Gasteiger partial charge is 0.315 e. The molecule has 0 saturated carbocycles. The van der Waals surface area contributed by atoms with Crippen LogP contribution in [-0.4, -0.2) is 44.8 Å². The van der Waals surface area contributed by atoms with Crippen molar-refractivity contribution in [3.05, 3.63) is 0 Å². The van der Waals surface area contributed by atoms with Crippen molar-refractivity contribution in [2.75, 3.05) is 32.7 Å². The van der Waals surface area contributed by atoms with Crippen LogP contribution in [0.3, 0.4) is 0 Å². The van der Waals surface area contributed by atoms with E-state index in [1.54, 1.807) is 0 Å². The van der Waals surface area contributed by atoms with Gasteiger partial charge in [0.2, 0.25) is 0 Å². The molecule has 2 fully saturated rings. The van der Waals surface area contributed by atoms with Gasteiger partial charge in [-0.05, 0) is 13.0 Å². The first-order valence-corrected chi connectivity index (χ1v) is 5.30. The summed E-state index contributed by atoms with van der Waals surface area (Å²) >= 11 is 0. The summed E-state index contributed by atoms with van der Waals surface area (Å²) in [6.45, 7) is 4.77. The summed E-state index contributed by atoms with van der Waals surface area (Å²) in [5.74, 6) is 0.627. The zero-order valence-corrected chi connectivity index (χ0v) is 8.31. The predicted octanol–water partition coefficient (Wildman–Crippen LogP) is -1.13. The average Bonchev–Trinajstić information content (AvgIpc) is 2.54. The number of rotatable bonds is 3. The first kappa shape index (κ1) is 9.73. The Balaban J connectivity index is 1.57. The molecule has 0 bridgehead atoms. The molecular weight excluding hydrogens is 180 g/mol. The lowest BCUT2D eigenvalue weighted by molar-refractivity contribution is 0.232. The Labute approximate surface area is 84.0 Å². The van der Waals surface area contributed by atoms with Gasteiger partial charge in [0.25, 0.3) is 0 Å². The second kappa shape index (κ2) is 4.61. The molecule has 4 N–H and O–H groups in total. The summed E-state index contributed by atoms with van der Waals surface area (Å²) in [6, 6.07) is 0.292. The molecule has 0 aromatic carbocycles. The van der Waals surface area contributed by atoms with Gasteiger partial charge >= 0.3 is 6.03 Å². The molecule has 2 aliphatic rings. The highest BCUT2D eigenvalue weighted by Crippen LogP contribution is 2.00. The Hall–Kier alpha value is -0.810. The summed E-state index contributed by atoms with van der Waals surface area (Å²) in [5.41, 5.74) is 0. The van der Waals surface area contributed by atoms with Gasteiger partial charge in [0.1, 0.15) is 0 Å². The number of nitrogens with one attached hydrogen (secondary N) is 4. The van der Waals surface area contributed by atoms with Crippen LogP contribution in [-0.2, 0) is 0 Å². The van der Waals surface area contributed by atoms with E-state index in [0.717, 1.165) is 39.1 Å². The molecule has 2 heterocycles. The third-order valence-electron chi connectivity index (χ3n) is 2.81. The van der Waals surface area contributed by atoms with Gasteiger partial charge in [0, 0.05) is 38.1 Å². The molecule has 0 aliphatic carbocycles. The highest BCUT2D eigenvalue weighted by molar-refractivity contribution is 5.74. The topological polar surface area (TPSA) is 65.2 Å². The van der Waals surface area contributed by atoms with Gasteiger partial charge in [-0.3, -0.25) is 0 Å². The number of amides is 2. The Morgan fingerprint density at radius 2 is 2.14 bits per heavy atom. The van der Waals surface area contributed by atoms with Crippen molar-refractivity contribution in [3.63, 3.8) is 0 Å². The highest BCUT2D eigenvalue weighted by Gasteiger charge is 2.19. The Morgan fingerprint density at radius 1 is 1.29 bits per heavy atom. The Kier molecular flexibility index (Phi) is 3.21. The van der Waals surface area contributed by atoms with Crippen molar-refractivity contribution < 1.29 is 4.79 Å². The van der Waals surface area contributed by atoms with Crippen LogP contribution in [0, 0.1) is 5.92 Å². The molecule has 80 valence electrons. The van der Waals surface area contributed by atoms with E-state index in [0.29, 0.717) is 12.0 Å². The summed E-state index contributed by atoms with van der Waals surface area (Å²) in [4.78, 5) is 11.4. The SMILES string of the molecule is O=C(NCC1CNC1)NC1CCNC1. The van der Waals surface area contributed by atoms with Gasteiger partial charge in [-0.25, -0.2) is 4.79 Å². The van der Waals surface area contributed by atoms with E-state index in [2.05, 4.69) is 21.3 Å². The summed E-state index contributed by atoms with van der Waals surface area (Å²) < 4.78 is 0. The summed E-state index contributed by atoms with van der Waals surface area (Å²) in [7, 11) is 0. The first-order valence-electron chi connectivity index (χ1n) is 5.30. The minimum absolute atomic E-state index is 0.0226. The summed E-state index contributed by atoms with van der Waals surface area (Å²) in [5, 5.41) is 12.2. The van der Waals surface area contributed by atoms with Crippen molar-refractivity contribution in [1.82, 2.24) is 21.3 Å². The molecule has 1 atom stereocenters. The maximum absolute atomic E-state index is 11.4. The van der Waals surface area contributed by atoms with Gasteiger partial charge in [-0.2, -0.15) is 0 Å². The molecule has 0 aromatic heterocycles. The molecule has 2 aliphatic heterocycles. The van der Waals surface area contributed by atoms with E-state index in [9.17, 15) is 4.79 Å². The molecule has 1 unspecified atom stereocenters. The molecule has 0 spiro atoms. The van der Waals surface area contributed by atoms with Gasteiger partial charge in [0.15, 0.2) is 0 Å². The number of urea groups is 1. The van der Waals surface area contributed by atoms with Crippen molar-refractivity contribution in [2.24, 2.45) is 5.92 Å². The maximum Gasteiger partial charge on any atom is 0.315 e. The van der Waals surface area contributed by atoms with Crippen molar-refractivity contribution >= 4 is 6.03 Å². The van der Waals surface area contributed by atoms with Crippen LogP contribution >= 0.6 is 0 Å². The zero-order valence-electron chi connectivity index (χ0n) is 8.31. The molecule has 0 radical (unpaired) electrons. The van der Waals surface area contributed by atoms with Crippen LogP contribution in [0.2, 0.25) is 0 Å². The molecule has 5 nitrogen and oxygen atoms in total. The van der Waals surface area contributed by atoms with Crippen LogP contribution < -0.4 is 21.3 Å². The number of hydrogen-bond donors (Lipinski definition) is 4. The molecule has 2 rings (SSSR count). The third-order valence-corrected chi connectivity index (χ3v) is 2.81. The highest BCUT2D eigenvalue weighted by atomic mass is 16.2. The average molecular weight is 198 g/mol. The van der Waals surface area contributed by atoms with Crippen LogP contribution in [0.15, 0.2) is 0 Å². The van der Waals surface area contributed by atoms with E-state index in [4.69, 9.17) is 0 Å². The normalized spacial score (nSPS) is 27.0. The minimum atomic E-state index is -0.0226. The lowest BCUT2D eigenvalue weighted by Gasteiger charge is -2.27. The lowest BCUT2D eigenvalue weighted by atomic mass is 10.0. The van der Waals surface area contributed by atoms with Crippen LogP contribution in [0.5, 0.6) is 0 Å². The third kappa shape index (κ3) is 2.59. The van der Waals surface area contributed by atoms with Crippen LogP contribution in [0.4, 0.5) is 4.79 Å². The zero-order chi connectivity index (χ0) is 9.80. The van der Waals surface area contributed by atoms with Crippen molar-refractivity contribution in [3.8, 4) is 0 Å². The minimum Gasteiger partial charge on any atom is -0.338 e.